The molecule has 1 atom stereocenters. The number of allylic oxidation sites excluding steroid dienone is 2. The normalized spacial score (nSPS) is 23.7. The Labute approximate surface area is 167 Å². The number of H-pyrrole nitrogens is 1. The molecule has 8 heteroatoms. The Balaban J connectivity index is 1.32. The minimum atomic E-state index is -0.339. The van der Waals surface area contributed by atoms with Gasteiger partial charge in [-0.2, -0.15) is 5.10 Å². The van der Waals surface area contributed by atoms with E-state index in [0.717, 1.165) is 43.9 Å². The first-order chi connectivity index (χ1) is 13.2. The first kappa shape index (κ1) is 18.2. The molecule has 0 aliphatic carbocycles. The van der Waals surface area contributed by atoms with Crippen molar-refractivity contribution in [3.8, 4) is 5.88 Å². The first-order valence-corrected chi connectivity index (χ1v) is 9.77. The highest BCUT2D eigenvalue weighted by Crippen LogP contribution is 2.29. The van der Waals surface area contributed by atoms with E-state index in [2.05, 4.69) is 64.4 Å². The number of nitrogens with one attached hydrogen (secondary N) is 2. The minimum absolute atomic E-state index is 0.339. The van der Waals surface area contributed by atoms with Gasteiger partial charge in [-0.1, -0.05) is 12.1 Å². The maximum atomic E-state index is 5.12. The van der Waals surface area contributed by atoms with Gasteiger partial charge in [-0.25, -0.2) is 4.98 Å². The molecule has 2 aromatic heterocycles. The third kappa shape index (κ3) is 4.07. The van der Waals surface area contributed by atoms with Gasteiger partial charge in [-0.3, -0.25) is 14.9 Å². The van der Waals surface area contributed by atoms with Crippen LogP contribution < -0.4 is 10.1 Å². The van der Waals surface area contributed by atoms with Crippen LogP contribution in [-0.2, 0) is 6.54 Å². The van der Waals surface area contributed by atoms with Crippen LogP contribution in [0.2, 0.25) is 0 Å². The summed E-state index contributed by atoms with van der Waals surface area (Å²) in [5, 5.41) is 10.4. The molecule has 0 bridgehead atoms. The molecule has 2 aromatic rings. The van der Waals surface area contributed by atoms with Gasteiger partial charge in [0.15, 0.2) is 4.57 Å². The molecular weight excluding hydrogens is 408 g/mol. The van der Waals surface area contributed by atoms with Crippen LogP contribution in [0, 0.1) is 0 Å². The summed E-state index contributed by atoms with van der Waals surface area (Å²) >= 11 is 3.87. The van der Waals surface area contributed by atoms with Crippen LogP contribution in [0.25, 0.3) is 5.57 Å². The van der Waals surface area contributed by atoms with Crippen molar-refractivity contribution in [3.63, 3.8) is 0 Å². The molecule has 4 rings (SSSR count). The Kier molecular flexibility index (Phi) is 5.29. The van der Waals surface area contributed by atoms with Crippen LogP contribution in [0.1, 0.15) is 11.1 Å². The summed E-state index contributed by atoms with van der Waals surface area (Å²) in [5.74, 6) is 0.655. The standard InChI is InChI=1S/C19H23BrN6O/c1-27-18-3-2-15(10-21-18)14-25-6-8-26(9-7-25)19(20)5-4-16(11-22-19)17-12-23-24-13-17/h2-5,10-13,22H,6-9,14H2,1H3,(H,23,24). The Hall–Kier alpha value is -2.16. The Morgan fingerprint density at radius 1 is 1.22 bits per heavy atom. The second-order valence-electron chi connectivity index (χ2n) is 6.71. The fraction of sp³-hybridized carbons (Fsp3) is 0.368. The zero-order chi connectivity index (χ0) is 18.7. The second-order valence-corrected chi connectivity index (χ2v) is 7.92. The minimum Gasteiger partial charge on any atom is -0.481 e. The number of hydrogen-bond donors (Lipinski definition) is 2. The number of piperazine rings is 1. The quantitative estimate of drug-likeness (QED) is 0.559. The van der Waals surface area contributed by atoms with Crippen molar-refractivity contribution >= 4 is 21.5 Å². The lowest BCUT2D eigenvalue weighted by Gasteiger charge is -2.44. The average Bonchev–Trinajstić information content (AvgIpc) is 3.24. The third-order valence-corrected chi connectivity index (χ3v) is 5.99. The molecule has 0 spiro atoms. The topological polar surface area (TPSA) is 69.3 Å². The molecule has 0 amide bonds. The van der Waals surface area contributed by atoms with E-state index in [4.69, 9.17) is 4.74 Å². The lowest BCUT2D eigenvalue weighted by molar-refractivity contribution is 0.0895. The number of rotatable bonds is 5. The molecule has 0 saturated carbocycles. The number of ether oxygens (including phenoxy) is 1. The molecule has 2 aliphatic heterocycles. The zero-order valence-corrected chi connectivity index (χ0v) is 16.8. The van der Waals surface area contributed by atoms with Gasteiger partial charge in [0.2, 0.25) is 5.88 Å². The largest absolute Gasteiger partial charge is 0.481 e. The predicted molar refractivity (Wildman–Crippen MR) is 108 cm³/mol. The molecule has 27 heavy (non-hydrogen) atoms. The molecule has 1 fully saturated rings. The molecule has 2 N–H and O–H groups in total. The SMILES string of the molecule is COc1ccc(CN2CCN(C3(Br)C=CC(c4cn[nH]c4)=CN3)CC2)cn1. The van der Waals surface area contributed by atoms with Crippen molar-refractivity contribution in [2.75, 3.05) is 33.3 Å². The lowest BCUT2D eigenvalue weighted by atomic mass is 10.1. The highest BCUT2D eigenvalue weighted by Gasteiger charge is 2.34. The number of pyridine rings is 1. The molecule has 0 aromatic carbocycles. The number of aromatic nitrogens is 3. The van der Waals surface area contributed by atoms with Crippen LogP contribution in [0.5, 0.6) is 5.88 Å². The zero-order valence-electron chi connectivity index (χ0n) is 15.2. The average molecular weight is 431 g/mol. The fourth-order valence-corrected chi connectivity index (χ4v) is 3.98. The van der Waals surface area contributed by atoms with E-state index in [0.29, 0.717) is 5.88 Å². The summed E-state index contributed by atoms with van der Waals surface area (Å²) < 4.78 is 4.78. The Morgan fingerprint density at radius 2 is 2.07 bits per heavy atom. The van der Waals surface area contributed by atoms with E-state index in [-0.39, 0.29) is 4.57 Å². The van der Waals surface area contributed by atoms with Gasteiger partial charge >= 0.3 is 0 Å². The van der Waals surface area contributed by atoms with Crippen molar-refractivity contribution in [2.45, 2.75) is 11.1 Å². The van der Waals surface area contributed by atoms with Crippen molar-refractivity contribution in [1.29, 1.82) is 0 Å². The van der Waals surface area contributed by atoms with E-state index >= 15 is 0 Å². The number of nitrogens with zero attached hydrogens (tertiary/aromatic N) is 4. The van der Waals surface area contributed by atoms with Gasteiger partial charge in [0.1, 0.15) is 0 Å². The van der Waals surface area contributed by atoms with Gasteiger partial charge in [0, 0.05) is 68.5 Å². The van der Waals surface area contributed by atoms with E-state index in [1.165, 1.54) is 5.56 Å². The highest BCUT2D eigenvalue weighted by molar-refractivity contribution is 9.10. The number of dihydropyridines is 1. The summed E-state index contributed by atoms with van der Waals surface area (Å²) in [7, 11) is 1.64. The van der Waals surface area contributed by atoms with Crippen LogP contribution in [0.4, 0.5) is 0 Å². The third-order valence-electron chi connectivity index (χ3n) is 4.99. The number of halogens is 1. The highest BCUT2D eigenvalue weighted by atomic mass is 79.9. The van der Waals surface area contributed by atoms with E-state index < -0.39 is 0 Å². The fourth-order valence-electron chi connectivity index (χ4n) is 3.38. The van der Waals surface area contributed by atoms with Crippen molar-refractivity contribution in [3.05, 3.63) is 60.2 Å². The van der Waals surface area contributed by atoms with Crippen LogP contribution in [0.3, 0.4) is 0 Å². The molecular formula is C19H23BrN6O. The molecule has 142 valence electrons. The number of hydrogen-bond acceptors (Lipinski definition) is 6. The lowest BCUT2D eigenvalue weighted by Crippen LogP contribution is -2.58. The summed E-state index contributed by atoms with van der Waals surface area (Å²) in [4.78, 5) is 9.16. The second kappa shape index (κ2) is 7.84. The van der Waals surface area contributed by atoms with Crippen LogP contribution >= 0.6 is 15.9 Å². The van der Waals surface area contributed by atoms with Gasteiger partial charge in [-0.15, -0.1) is 0 Å². The smallest absolute Gasteiger partial charge is 0.212 e. The Morgan fingerprint density at radius 3 is 2.67 bits per heavy atom. The summed E-state index contributed by atoms with van der Waals surface area (Å²) in [5.41, 5.74) is 3.40. The van der Waals surface area contributed by atoms with Gasteiger partial charge < -0.3 is 10.1 Å². The molecule has 4 heterocycles. The van der Waals surface area contributed by atoms with Gasteiger partial charge in [0.25, 0.3) is 0 Å². The number of alkyl halides is 1. The van der Waals surface area contributed by atoms with E-state index in [9.17, 15) is 0 Å². The summed E-state index contributed by atoms with van der Waals surface area (Å²) in [6, 6.07) is 4.00. The van der Waals surface area contributed by atoms with E-state index in [1.54, 1.807) is 7.11 Å². The van der Waals surface area contributed by atoms with Crippen LogP contribution in [0.15, 0.2) is 49.1 Å². The molecule has 1 unspecified atom stereocenters. The van der Waals surface area contributed by atoms with Crippen molar-refractivity contribution in [2.24, 2.45) is 0 Å². The molecule has 2 aliphatic rings. The number of aromatic amines is 1. The van der Waals surface area contributed by atoms with E-state index in [1.807, 2.05) is 30.9 Å². The monoisotopic (exact) mass is 430 g/mol. The maximum absolute atomic E-state index is 5.12. The summed E-state index contributed by atoms with van der Waals surface area (Å²) in [6.45, 7) is 4.87. The summed E-state index contributed by atoms with van der Waals surface area (Å²) in [6.07, 6.45) is 11.9. The number of methoxy groups -OCH3 is 1. The Bertz CT molecular complexity index is 811. The van der Waals surface area contributed by atoms with Crippen molar-refractivity contribution < 1.29 is 4.74 Å². The molecule has 1 saturated heterocycles. The molecule has 0 radical (unpaired) electrons. The van der Waals surface area contributed by atoms with Gasteiger partial charge in [-0.05, 0) is 27.6 Å². The predicted octanol–water partition coefficient (Wildman–Crippen LogP) is 2.18. The van der Waals surface area contributed by atoms with Crippen molar-refractivity contribution in [1.82, 2.24) is 30.3 Å². The van der Waals surface area contributed by atoms with Crippen LogP contribution in [-0.4, -0.2) is 62.8 Å². The maximum Gasteiger partial charge on any atom is 0.212 e. The van der Waals surface area contributed by atoms with Gasteiger partial charge in [0.05, 0.1) is 13.3 Å². The molecule has 7 nitrogen and oxygen atoms in total. The first-order valence-electron chi connectivity index (χ1n) is 8.98.